The lowest BCUT2D eigenvalue weighted by atomic mass is 10.2. The van der Waals surface area contributed by atoms with Crippen LogP contribution in [0.1, 0.15) is 12.8 Å². The Morgan fingerprint density at radius 3 is 2.56 bits per heavy atom. The van der Waals surface area contributed by atoms with Gasteiger partial charge in [-0.1, -0.05) is 0 Å². The molecule has 2 atom stereocenters. The van der Waals surface area contributed by atoms with E-state index in [2.05, 4.69) is 4.90 Å². The predicted octanol–water partition coefficient (Wildman–Crippen LogP) is 2.49. The molecule has 16 heavy (non-hydrogen) atoms. The van der Waals surface area contributed by atoms with Crippen LogP contribution in [0.4, 0.5) is 15.8 Å². The van der Waals surface area contributed by atoms with Crippen molar-refractivity contribution in [2.24, 2.45) is 0 Å². The van der Waals surface area contributed by atoms with Crippen molar-refractivity contribution in [2.75, 3.05) is 22.1 Å². The summed E-state index contributed by atoms with van der Waals surface area (Å²) in [6, 6.07) is 6.07. The highest BCUT2D eigenvalue weighted by molar-refractivity contribution is 7.99. The van der Waals surface area contributed by atoms with Gasteiger partial charge in [0.15, 0.2) is 0 Å². The highest BCUT2D eigenvalue weighted by Crippen LogP contribution is 2.39. The maximum Gasteiger partial charge on any atom is 0.148 e. The van der Waals surface area contributed by atoms with Gasteiger partial charge in [-0.3, -0.25) is 0 Å². The van der Waals surface area contributed by atoms with Gasteiger partial charge in [-0.25, -0.2) is 4.39 Å². The molecule has 1 aromatic rings. The van der Waals surface area contributed by atoms with E-state index in [1.165, 1.54) is 18.9 Å². The fourth-order valence-electron chi connectivity index (χ4n) is 2.75. The topological polar surface area (TPSA) is 29.3 Å². The molecule has 2 nitrogen and oxygen atoms in total. The molecule has 1 aromatic carbocycles. The minimum absolute atomic E-state index is 0.177. The van der Waals surface area contributed by atoms with Gasteiger partial charge in [0, 0.05) is 29.3 Å². The van der Waals surface area contributed by atoms with Crippen molar-refractivity contribution in [3.05, 3.63) is 24.0 Å². The molecule has 0 saturated carbocycles. The molecule has 0 aromatic heterocycles. The zero-order valence-corrected chi connectivity index (χ0v) is 9.84. The molecule has 2 N–H and O–H groups in total. The minimum atomic E-state index is -0.177. The number of nitrogens with two attached hydrogens (primary N) is 1. The molecule has 86 valence electrons. The van der Waals surface area contributed by atoms with E-state index in [9.17, 15) is 4.39 Å². The number of thioether (sulfide) groups is 1. The Hall–Kier alpha value is -0.900. The van der Waals surface area contributed by atoms with E-state index in [4.69, 9.17) is 5.73 Å². The zero-order valence-electron chi connectivity index (χ0n) is 9.03. The van der Waals surface area contributed by atoms with Gasteiger partial charge in [-0.2, -0.15) is 11.8 Å². The van der Waals surface area contributed by atoms with Gasteiger partial charge in [0.05, 0.1) is 5.69 Å². The van der Waals surface area contributed by atoms with Gasteiger partial charge < -0.3 is 10.6 Å². The second kappa shape index (κ2) is 3.84. The molecule has 2 unspecified atom stereocenters. The molecule has 2 fully saturated rings. The minimum Gasteiger partial charge on any atom is -0.399 e. The predicted molar refractivity (Wildman–Crippen MR) is 67.4 cm³/mol. The van der Waals surface area contributed by atoms with Crippen molar-refractivity contribution >= 4 is 23.1 Å². The highest BCUT2D eigenvalue weighted by atomic mass is 32.2. The average molecular weight is 238 g/mol. The number of anilines is 2. The van der Waals surface area contributed by atoms with Crippen molar-refractivity contribution in [1.29, 1.82) is 0 Å². The van der Waals surface area contributed by atoms with E-state index in [1.54, 1.807) is 6.07 Å². The second-order valence-corrected chi connectivity index (χ2v) is 5.62. The summed E-state index contributed by atoms with van der Waals surface area (Å²) >= 11 is 1.99. The molecule has 0 spiro atoms. The number of nitrogen functional groups attached to an aromatic ring is 1. The summed E-state index contributed by atoms with van der Waals surface area (Å²) in [5, 5.41) is 0. The molecule has 2 bridgehead atoms. The van der Waals surface area contributed by atoms with Gasteiger partial charge >= 0.3 is 0 Å². The number of fused-ring (bicyclic) bond motifs is 2. The molecule has 2 aliphatic heterocycles. The van der Waals surface area contributed by atoms with Crippen LogP contribution in [0, 0.1) is 5.82 Å². The summed E-state index contributed by atoms with van der Waals surface area (Å²) in [6.07, 6.45) is 2.39. The fraction of sp³-hybridized carbons (Fsp3) is 0.500. The Morgan fingerprint density at radius 1 is 1.25 bits per heavy atom. The van der Waals surface area contributed by atoms with Crippen LogP contribution < -0.4 is 10.6 Å². The van der Waals surface area contributed by atoms with E-state index in [0.29, 0.717) is 17.8 Å². The molecule has 0 radical (unpaired) electrons. The maximum absolute atomic E-state index is 13.9. The average Bonchev–Trinajstić information content (AvgIpc) is 2.50. The lowest BCUT2D eigenvalue weighted by molar-refractivity contribution is 0.600. The number of hydrogen-bond donors (Lipinski definition) is 1. The van der Waals surface area contributed by atoms with E-state index >= 15 is 0 Å². The Bertz CT molecular complexity index is 394. The van der Waals surface area contributed by atoms with Gasteiger partial charge in [0.25, 0.3) is 0 Å². The Kier molecular flexibility index (Phi) is 2.46. The number of halogens is 1. The fourth-order valence-corrected chi connectivity index (χ4v) is 4.09. The molecule has 0 amide bonds. The number of nitrogens with zero attached hydrogens (tertiary/aromatic N) is 1. The summed E-state index contributed by atoms with van der Waals surface area (Å²) in [6.45, 7) is 0. The first-order valence-corrected chi connectivity index (χ1v) is 6.82. The van der Waals surface area contributed by atoms with E-state index in [1.807, 2.05) is 17.8 Å². The van der Waals surface area contributed by atoms with Gasteiger partial charge in [0.2, 0.25) is 0 Å². The summed E-state index contributed by atoms with van der Waals surface area (Å²) in [5.41, 5.74) is 6.82. The largest absolute Gasteiger partial charge is 0.399 e. The van der Waals surface area contributed by atoms with Crippen LogP contribution in [-0.4, -0.2) is 23.6 Å². The van der Waals surface area contributed by atoms with Crippen LogP contribution in [0.15, 0.2) is 18.2 Å². The van der Waals surface area contributed by atoms with Crippen LogP contribution in [0.5, 0.6) is 0 Å². The molecular weight excluding hydrogens is 223 g/mol. The third-order valence-corrected chi connectivity index (χ3v) is 4.73. The number of hydrogen-bond acceptors (Lipinski definition) is 3. The summed E-state index contributed by atoms with van der Waals surface area (Å²) < 4.78 is 13.9. The standard InChI is InChI=1S/C12H15FN2S/c13-11-5-8(14)1-4-12(11)15-9-2-3-10(15)7-16-6-9/h1,4-5,9-10H,2-3,6-7,14H2. The lowest BCUT2D eigenvalue weighted by Crippen LogP contribution is -2.43. The third-order valence-electron chi connectivity index (χ3n) is 3.49. The Labute approximate surface area is 99.0 Å². The summed E-state index contributed by atoms with van der Waals surface area (Å²) in [4.78, 5) is 2.27. The quantitative estimate of drug-likeness (QED) is 0.762. The van der Waals surface area contributed by atoms with Crippen molar-refractivity contribution < 1.29 is 4.39 Å². The SMILES string of the molecule is Nc1ccc(N2C3CCC2CSC3)c(F)c1. The van der Waals surface area contributed by atoms with E-state index in [-0.39, 0.29) is 5.82 Å². The molecule has 4 heteroatoms. The van der Waals surface area contributed by atoms with Crippen LogP contribution in [0.3, 0.4) is 0 Å². The molecule has 2 heterocycles. The van der Waals surface area contributed by atoms with Gasteiger partial charge in [-0.15, -0.1) is 0 Å². The Balaban J connectivity index is 1.97. The van der Waals surface area contributed by atoms with Gasteiger partial charge in [0.1, 0.15) is 5.82 Å². The molecule has 0 aliphatic carbocycles. The molecule has 2 saturated heterocycles. The first-order valence-electron chi connectivity index (χ1n) is 5.67. The normalized spacial score (nSPS) is 28.4. The Morgan fingerprint density at radius 2 is 1.94 bits per heavy atom. The van der Waals surface area contributed by atoms with Gasteiger partial charge in [-0.05, 0) is 31.0 Å². The third kappa shape index (κ3) is 1.56. The molecular formula is C12H15FN2S. The summed E-state index contributed by atoms with van der Waals surface area (Å²) in [5.74, 6) is 2.07. The van der Waals surface area contributed by atoms with Crippen LogP contribution in [-0.2, 0) is 0 Å². The van der Waals surface area contributed by atoms with E-state index in [0.717, 1.165) is 17.2 Å². The zero-order chi connectivity index (χ0) is 11.1. The van der Waals surface area contributed by atoms with Crippen molar-refractivity contribution in [3.63, 3.8) is 0 Å². The molecule has 3 rings (SSSR count). The monoisotopic (exact) mass is 238 g/mol. The highest BCUT2D eigenvalue weighted by Gasteiger charge is 2.37. The van der Waals surface area contributed by atoms with Crippen LogP contribution in [0.25, 0.3) is 0 Å². The lowest BCUT2D eigenvalue weighted by Gasteiger charge is -2.36. The van der Waals surface area contributed by atoms with Crippen molar-refractivity contribution in [2.45, 2.75) is 24.9 Å². The van der Waals surface area contributed by atoms with E-state index < -0.39 is 0 Å². The number of rotatable bonds is 1. The maximum atomic E-state index is 13.9. The van der Waals surface area contributed by atoms with Crippen molar-refractivity contribution in [1.82, 2.24) is 0 Å². The second-order valence-electron chi connectivity index (χ2n) is 4.54. The van der Waals surface area contributed by atoms with Crippen LogP contribution in [0.2, 0.25) is 0 Å². The first kappa shape index (κ1) is 10.3. The smallest absolute Gasteiger partial charge is 0.148 e. The van der Waals surface area contributed by atoms with Crippen molar-refractivity contribution in [3.8, 4) is 0 Å². The summed E-state index contributed by atoms with van der Waals surface area (Å²) in [7, 11) is 0. The molecule has 2 aliphatic rings. The van der Waals surface area contributed by atoms with Crippen LogP contribution >= 0.6 is 11.8 Å². The first-order chi connectivity index (χ1) is 7.75. The number of benzene rings is 1.